The number of piperidine rings is 1. The van der Waals surface area contributed by atoms with Gasteiger partial charge in [-0.15, -0.1) is 0 Å². The zero-order valence-electron chi connectivity index (χ0n) is 13.9. The van der Waals surface area contributed by atoms with Gasteiger partial charge in [0.1, 0.15) is 11.4 Å². The fourth-order valence-corrected chi connectivity index (χ4v) is 3.26. The molecule has 6 nitrogen and oxygen atoms in total. The SMILES string of the molecule is Oc1cccc(CN2CCC(c3noc(-c4ccccn4)n3)CC2)c1. The van der Waals surface area contributed by atoms with Crippen molar-refractivity contribution in [3.63, 3.8) is 0 Å². The summed E-state index contributed by atoms with van der Waals surface area (Å²) in [4.78, 5) is 11.2. The fraction of sp³-hybridized carbons (Fsp3) is 0.316. The van der Waals surface area contributed by atoms with Gasteiger partial charge in [0.25, 0.3) is 5.89 Å². The van der Waals surface area contributed by atoms with E-state index in [2.05, 4.69) is 20.0 Å². The summed E-state index contributed by atoms with van der Waals surface area (Å²) in [6, 6.07) is 13.1. The van der Waals surface area contributed by atoms with E-state index in [1.807, 2.05) is 36.4 Å². The molecule has 0 spiro atoms. The second-order valence-electron chi connectivity index (χ2n) is 6.39. The topological polar surface area (TPSA) is 75.3 Å². The van der Waals surface area contributed by atoms with Crippen LogP contribution in [0.1, 0.15) is 30.1 Å². The molecule has 128 valence electrons. The summed E-state index contributed by atoms with van der Waals surface area (Å²) in [5.41, 5.74) is 1.85. The molecule has 1 aliphatic rings. The number of aromatic nitrogens is 3. The third-order valence-corrected chi connectivity index (χ3v) is 4.60. The van der Waals surface area contributed by atoms with Crippen LogP contribution in [0.4, 0.5) is 0 Å². The molecule has 0 amide bonds. The van der Waals surface area contributed by atoms with Gasteiger partial charge in [0.15, 0.2) is 5.82 Å². The first kappa shape index (κ1) is 15.8. The summed E-state index contributed by atoms with van der Waals surface area (Å²) in [5.74, 6) is 1.90. The van der Waals surface area contributed by atoms with Crippen molar-refractivity contribution in [2.45, 2.75) is 25.3 Å². The molecule has 0 aliphatic carbocycles. The number of hydrogen-bond donors (Lipinski definition) is 1. The van der Waals surface area contributed by atoms with Gasteiger partial charge < -0.3 is 9.63 Å². The van der Waals surface area contributed by atoms with E-state index in [-0.39, 0.29) is 0 Å². The van der Waals surface area contributed by atoms with E-state index in [0.29, 0.717) is 23.3 Å². The Morgan fingerprint density at radius 2 is 2.00 bits per heavy atom. The largest absolute Gasteiger partial charge is 0.508 e. The van der Waals surface area contributed by atoms with Crippen molar-refractivity contribution in [3.8, 4) is 17.3 Å². The Kier molecular flexibility index (Phi) is 4.43. The minimum atomic E-state index is 0.321. The van der Waals surface area contributed by atoms with Crippen LogP contribution in [0, 0.1) is 0 Å². The van der Waals surface area contributed by atoms with Gasteiger partial charge in [-0.25, -0.2) is 0 Å². The summed E-state index contributed by atoms with van der Waals surface area (Å²) < 4.78 is 5.37. The first-order valence-corrected chi connectivity index (χ1v) is 8.53. The molecule has 25 heavy (non-hydrogen) atoms. The number of likely N-dealkylation sites (tertiary alicyclic amines) is 1. The molecule has 0 atom stereocenters. The quantitative estimate of drug-likeness (QED) is 0.788. The summed E-state index contributed by atoms with van der Waals surface area (Å²) in [7, 11) is 0. The van der Waals surface area contributed by atoms with Crippen LogP contribution >= 0.6 is 0 Å². The van der Waals surface area contributed by atoms with Crippen LogP contribution in [0.3, 0.4) is 0 Å². The highest BCUT2D eigenvalue weighted by Crippen LogP contribution is 2.28. The lowest BCUT2D eigenvalue weighted by atomic mass is 9.96. The Hall–Kier alpha value is -2.73. The molecule has 1 saturated heterocycles. The molecular weight excluding hydrogens is 316 g/mol. The van der Waals surface area contributed by atoms with Crippen molar-refractivity contribution < 1.29 is 9.63 Å². The maximum Gasteiger partial charge on any atom is 0.276 e. The minimum absolute atomic E-state index is 0.321. The number of phenolic OH excluding ortho intramolecular Hbond substituents is 1. The van der Waals surface area contributed by atoms with Gasteiger partial charge in [-0.1, -0.05) is 23.4 Å². The summed E-state index contributed by atoms with van der Waals surface area (Å²) in [6.45, 7) is 2.81. The van der Waals surface area contributed by atoms with Crippen molar-refractivity contribution in [1.82, 2.24) is 20.0 Å². The lowest BCUT2D eigenvalue weighted by Crippen LogP contribution is -2.32. The number of hydrogen-bond acceptors (Lipinski definition) is 6. The van der Waals surface area contributed by atoms with Crippen LogP contribution < -0.4 is 0 Å². The molecule has 2 aromatic heterocycles. The van der Waals surface area contributed by atoms with E-state index in [1.54, 1.807) is 12.3 Å². The van der Waals surface area contributed by atoms with E-state index in [1.165, 1.54) is 0 Å². The molecule has 0 bridgehead atoms. The van der Waals surface area contributed by atoms with Crippen molar-refractivity contribution in [1.29, 1.82) is 0 Å². The van der Waals surface area contributed by atoms with Gasteiger partial charge >= 0.3 is 0 Å². The third kappa shape index (κ3) is 3.69. The van der Waals surface area contributed by atoms with Crippen molar-refractivity contribution in [2.24, 2.45) is 0 Å². The highest BCUT2D eigenvalue weighted by Gasteiger charge is 2.25. The molecule has 6 heteroatoms. The van der Waals surface area contributed by atoms with Gasteiger partial charge in [0, 0.05) is 18.7 Å². The van der Waals surface area contributed by atoms with Crippen LogP contribution in [0.2, 0.25) is 0 Å². The van der Waals surface area contributed by atoms with Gasteiger partial charge in [0.2, 0.25) is 0 Å². The van der Waals surface area contributed by atoms with E-state index >= 15 is 0 Å². The van der Waals surface area contributed by atoms with E-state index in [9.17, 15) is 5.11 Å². The number of phenols is 1. The number of benzene rings is 1. The predicted molar refractivity (Wildman–Crippen MR) is 92.9 cm³/mol. The number of aromatic hydroxyl groups is 1. The average Bonchev–Trinajstić information content (AvgIpc) is 3.13. The molecule has 0 unspecified atom stereocenters. The Morgan fingerprint density at radius 1 is 1.12 bits per heavy atom. The van der Waals surface area contributed by atoms with Crippen LogP contribution in [0.5, 0.6) is 5.75 Å². The Morgan fingerprint density at radius 3 is 2.76 bits per heavy atom. The molecule has 4 rings (SSSR count). The third-order valence-electron chi connectivity index (χ3n) is 4.60. The number of rotatable bonds is 4. The second-order valence-corrected chi connectivity index (χ2v) is 6.39. The van der Waals surface area contributed by atoms with Crippen LogP contribution in [0.15, 0.2) is 53.2 Å². The van der Waals surface area contributed by atoms with E-state index in [0.717, 1.165) is 43.9 Å². The van der Waals surface area contributed by atoms with Crippen molar-refractivity contribution in [3.05, 3.63) is 60.0 Å². The summed E-state index contributed by atoms with van der Waals surface area (Å²) >= 11 is 0. The molecule has 1 aliphatic heterocycles. The van der Waals surface area contributed by atoms with Crippen LogP contribution in [-0.4, -0.2) is 38.2 Å². The Balaban J connectivity index is 1.37. The average molecular weight is 336 g/mol. The fourth-order valence-electron chi connectivity index (χ4n) is 3.26. The highest BCUT2D eigenvalue weighted by atomic mass is 16.5. The molecule has 3 heterocycles. The van der Waals surface area contributed by atoms with Crippen LogP contribution in [0.25, 0.3) is 11.6 Å². The van der Waals surface area contributed by atoms with Gasteiger partial charge in [-0.2, -0.15) is 4.98 Å². The lowest BCUT2D eigenvalue weighted by Gasteiger charge is -2.30. The highest BCUT2D eigenvalue weighted by molar-refractivity contribution is 5.45. The first-order valence-electron chi connectivity index (χ1n) is 8.53. The number of pyridine rings is 1. The molecule has 1 N–H and O–H groups in total. The zero-order chi connectivity index (χ0) is 17.1. The summed E-state index contributed by atoms with van der Waals surface area (Å²) in [6.07, 6.45) is 3.72. The second kappa shape index (κ2) is 7.03. The van der Waals surface area contributed by atoms with E-state index in [4.69, 9.17) is 4.52 Å². The Labute approximate surface area is 146 Å². The standard InChI is InChI=1S/C19H20N4O2/c24-16-5-3-4-14(12-16)13-23-10-7-15(8-11-23)18-21-19(25-22-18)17-6-1-2-9-20-17/h1-6,9,12,15,24H,7-8,10-11,13H2. The molecular formula is C19H20N4O2. The monoisotopic (exact) mass is 336 g/mol. The maximum absolute atomic E-state index is 9.58. The Bertz CT molecular complexity index is 826. The molecule has 0 saturated carbocycles. The molecule has 0 radical (unpaired) electrons. The molecule has 1 aromatic carbocycles. The zero-order valence-corrected chi connectivity index (χ0v) is 13.9. The van der Waals surface area contributed by atoms with E-state index < -0.39 is 0 Å². The van der Waals surface area contributed by atoms with Crippen molar-refractivity contribution in [2.75, 3.05) is 13.1 Å². The minimum Gasteiger partial charge on any atom is -0.508 e. The molecule has 3 aromatic rings. The van der Waals surface area contributed by atoms with Gasteiger partial charge in [0.05, 0.1) is 0 Å². The summed E-state index contributed by atoms with van der Waals surface area (Å²) in [5, 5.41) is 13.7. The normalized spacial score (nSPS) is 16.2. The smallest absolute Gasteiger partial charge is 0.276 e. The predicted octanol–water partition coefficient (Wildman–Crippen LogP) is 3.22. The molecule has 1 fully saturated rings. The first-order chi connectivity index (χ1) is 12.3. The number of nitrogens with zero attached hydrogens (tertiary/aromatic N) is 4. The van der Waals surface area contributed by atoms with Gasteiger partial charge in [-0.3, -0.25) is 9.88 Å². The van der Waals surface area contributed by atoms with Gasteiger partial charge in [-0.05, 0) is 55.8 Å². The van der Waals surface area contributed by atoms with Crippen LogP contribution in [-0.2, 0) is 6.54 Å². The lowest BCUT2D eigenvalue weighted by molar-refractivity contribution is 0.200. The van der Waals surface area contributed by atoms with Crippen molar-refractivity contribution >= 4 is 0 Å². The maximum atomic E-state index is 9.58.